The number of fused-ring (bicyclic) bond motifs is 2. The molecule has 9 rings (SSSR count). The lowest BCUT2D eigenvalue weighted by molar-refractivity contribution is -0.136. The summed E-state index contributed by atoms with van der Waals surface area (Å²) in [4.78, 5) is 82.3. The van der Waals surface area contributed by atoms with E-state index in [1.54, 1.807) is 18.2 Å². The fourth-order valence-electron chi connectivity index (χ4n) is 9.92. The zero-order valence-corrected chi connectivity index (χ0v) is 40.1. The molecule has 0 aliphatic carbocycles. The maximum absolute atomic E-state index is 14.0. The Morgan fingerprint density at radius 2 is 1.49 bits per heavy atom. The Morgan fingerprint density at radius 1 is 0.750 bits per heavy atom. The van der Waals surface area contributed by atoms with Gasteiger partial charge in [-0.25, -0.2) is 8.78 Å². The molecule has 6 amide bonds. The van der Waals surface area contributed by atoms with Crippen LogP contribution >= 0.6 is 0 Å². The summed E-state index contributed by atoms with van der Waals surface area (Å²) >= 11 is 0. The first kappa shape index (κ1) is 49.7. The maximum Gasteiger partial charge on any atom is 0.262 e. The first-order chi connectivity index (χ1) is 34.9. The van der Waals surface area contributed by atoms with Crippen LogP contribution in [0.15, 0.2) is 72.8 Å². The number of imide groups is 2. The van der Waals surface area contributed by atoms with Crippen LogP contribution in [0.5, 0.6) is 0 Å². The number of aromatic nitrogens is 2. The molecule has 1 atom stereocenters. The average molecular weight is 987 g/mol. The van der Waals surface area contributed by atoms with E-state index >= 15 is 0 Å². The van der Waals surface area contributed by atoms with E-state index in [0.29, 0.717) is 99.0 Å². The van der Waals surface area contributed by atoms with E-state index in [-0.39, 0.29) is 41.8 Å². The lowest BCUT2D eigenvalue weighted by Gasteiger charge is -2.36. The van der Waals surface area contributed by atoms with Crippen LogP contribution in [0.25, 0.3) is 10.9 Å². The molecule has 5 aromatic rings. The molecule has 6 N–H and O–H groups in total. The number of aromatic amines is 1. The number of hydrogen-bond acceptors (Lipinski definition) is 12. The van der Waals surface area contributed by atoms with E-state index in [0.717, 1.165) is 79.3 Å². The summed E-state index contributed by atoms with van der Waals surface area (Å²) < 4.78 is 33.4. The summed E-state index contributed by atoms with van der Waals surface area (Å²) in [5.74, 6) is -3.33. The Hall–Kier alpha value is -7.25. The smallest absolute Gasteiger partial charge is 0.262 e. The van der Waals surface area contributed by atoms with Crippen LogP contribution in [0, 0.1) is 11.6 Å². The first-order valence-electron chi connectivity index (χ1n) is 25.0. The molecule has 378 valence electrons. The number of nitrogens with one attached hydrogen (secondary N) is 6. The van der Waals surface area contributed by atoms with Gasteiger partial charge in [0.05, 0.1) is 28.8 Å². The number of hydrogen-bond donors (Lipinski definition) is 6. The Balaban J connectivity index is 0.683. The number of rotatable bonds is 20. The fourth-order valence-corrected chi connectivity index (χ4v) is 9.92. The van der Waals surface area contributed by atoms with Crippen LogP contribution in [-0.2, 0) is 25.5 Å². The van der Waals surface area contributed by atoms with Gasteiger partial charge in [-0.1, -0.05) is 31.7 Å². The summed E-state index contributed by atoms with van der Waals surface area (Å²) in [7, 11) is 0. The van der Waals surface area contributed by atoms with Gasteiger partial charge in [0.25, 0.3) is 17.7 Å². The maximum atomic E-state index is 14.0. The van der Waals surface area contributed by atoms with Gasteiger partial charge in [-0.2, -0.15) is 5.10 Å². The van der Waals surface area contributed by atoms with Crippen LogP contribution in [-0.4, -0.2) is 127 Å². The third-order valence-electron chi connectivity index (χ3n) is 13.8. The first-order valence-corrected chi connectivity index (χ1v) is 25.0. The Kier molecular flexibility index (Phi) is 15.8. The molecule has 0 saturated carbocycles. The number of ether oxygens (including phenoxy) is 1. The number of piperidine rings is 1. The molecule has 0 radical (unpaired) electrons. The number of unbranched alkanes of at least 4 members (excludes halogenated alkanes) is 5. The fraction of sp³-hybridized carbons (Fsp3) is 0.415. The second kappa shape index (κ2) is 22.9. The highest BCUT2D eigenvalue weighted by atomic mass is 19.1. The minimum absolute atomic E-state index is 0.0111. The minimum Gasteiger partial charge on any atom is -0.385 e. The van der Waals surface area contributed by atoms with Gasteiger partial charge in [0.15, 0.2) is 5.82 Å². The van der Waals surface area contributed by atoms with Crippen molar-refractivity contribution in [2.45, 2.75) is 82.7 Å². The van der Waals surface area contributed by atoms with Crippen LogP contribution in [0.4, 0.5) is 31.7 Å². The Morgan fingerprint density at radius 3 is 2.25 bits per heavy atom. The summed E-state index contributed by atoms with van der Waals surface area (Å²) in [6.45, 7) is 5.78. The zero-order chi connectivity index (χ0) is 50.1. The molecule has 72 heavy (non-hydrogen) atoms. The molecule has 0 spiro atoms. The third-order valence-corrected chi connectivity index (χ3v) is 13.8. The van der Waals surface area contributed by atoms with E-state index < -0.39 is 41.3 Å². The van der Waals surface area contributed by atoms with Crippen molar-refractivity contribution in [1.29, 1.82) is 0 Å². The van der Waals surface area contributed by atoms with Gasteiger partial charge < -0.3 is 30.9 Å². The van der Waals surface area contributed by atoms with Crippen molar-refractivity contribution in [1.82, 2.24) is 30.6 Å². The second-order valence-corrected chi connectivity index (χ2v) is 19.0. The van der Waals surface area contributed by atoms with Crippen LogP contribution in [0.1, 0.15) is 106 Å². The van der Waals surface area contributed by atoms with Gasteiger partial charge >= 0.3 is 0 Å². The molecule has 19 heteroatoms. The van der Waals surface area contributed by atoms with Crippen molar-refractivity contribution in [2.75, 3.05) is 79.9 Å². The lowest BCUT2D eigenvalue weighted by atomic mass is 10.0. The number of piperazine rings is 1. The number of carbonyl (C=O) groups is 6. The van der Waals surface area contributed by atoms with Gasteiger partial charge in [0.1, 0.15) is 17.7 Å². The standard InChI is InChI=1S/C53H60F2N10O7/c54-35-26-34(27-36(55)29-35)25-33-7-12-44-43(28-33)49(62-61-44)60-50(68)41-11-9-39(31-45(41)58-37-15-23-72-24-16-37)64-21-19-63(20-22-64)32-48(67)57-18-6-4-2-1-3-5-17-56-38-8-10-40-42(30-38)53(71)65(52(40)70)46-13-14-47(66)59-51(46)69/h7-12,26-31,37,46,56,58H,1-6,13-25,32H2,(H,57,67)(H,59,66,69)(H2,60,61,62,68). The average Bonchev–Trinajstić information content (AvgIpc) is 3.87. The predicted octanol–water partition coefficient (Wildman–Crippen LogP) is 6.37. The van der Waals surface area contributed by atoms with E-state index in [4.69, 9.17) is 4.74 Å². The van der Waals surface area contributed by atoms with Gasteiger partial charge in [-0.05, 0) is 110 Å². The van der Waals surface area contributed by atoms with Crippen molar-refractivity contribution in [3.8, 4) is 0 Å². The summed E-state index contributed by atoms with van der Waals surface area (Å²) in [6, 6.07) is 19.0. The van der Waals surface area contributed by atoms with Gasteiger partial charge in [0.2, 0.25) is 17.7 Å². The molecule has 4 aliphatic rings. The lowest BCUT2D eigenvalue weighted by Crippen LogP contribution is -2.54. The monoisotopic (exact) mass is 986 g/mol. The molecule has 0 bridgehead atoms. The van der Waals surface area contributed by atoms with Gasteiger partial charge in [0, 0.05) is 93.5 Å². The minimum atomic E-state index is -0.990. The van der Waals surface area contributed by atoms with Crippen molar-refractivity contribution in [3.63, 3.8) is 0 Å². The topological polar surface area (TPSA) is 210 Å². The largest absolute Gasteiger partial charge is 0.385 e. The van der Waals surface area contributed by atoms with Gasteiger partial charge in [-0.15, -0.1) is 0 Å². The number of anilines is 4. The molecule has 3 saturated heterocycles. The van der Waals surface area contributed by atoms with E-state index in [2.05, 4.69) is 46.6 Å². The highest BCUT2D eigenvalue weighted by molar-refractivity contribution is 6.23. The van der Waals surface area contributed by atoms with Gasteiger partial charge in [-0.3, -0.25) is 49.0 Å². The third kappa shape index (κ3) is 12.1. The highest BCUT2D eigenvalue weighted by Gasteiger charge is 2.44. The normalized spacial score (nSPS) is 17.6. The molecule has 3 fully saturated rings. The SMILES string of the molecule is O=C(CN1CCN(c2ccc(C(=O)Nc3n[nH]c4ccc(Cc5cc(F)cc(F)c5)cc34)c(NC3CCOCC3)c2)CC1)NCCCCCCCCNc1ccc2c(c1)C(=O)N(C1CCC(=O)NC1=O)C2=O. The second-order valence-electron chi connectivity index (χ2n) is 19.0. The number of halogens is 2. The molecule has 4 aliphatic heterocycles. The number of H-pyrrole nitrogens is 1. The van der Waals surface area contributed by atoms with E-state index in [9.17, 15) is 37.5 Å². The van der Waals surface area contributed by atoms with Crippen LogP contribution < -0.4 is 31.5 Å². The molecule has 1 unspecified atom stereocenters. The van der Waals surface area contributed by atoms with E-state index in [1.165, 1.54) is 12.1 Å². The molecular formula is C53H60F2N10O7. The molecule has 5 heterocycles. The summed E-state index contributed by atoms with van der Waals surface area (Å²) in [6.07, 6.45) is 8.06. The van der Waals surface area contributed by atoms with Crippen molar-refractivity contribution >= 4 is 69.2 Å². The highest BCUT2D eigenvalue weighted by Crippen LogP contribution is 2.32. The van der Waals surface area contributed by atoms with Crippen molar-refractivity contribution in [2.24, 2.45) is 0 Å². The zero-order valence-electron chi connectivity index (χ0n) is 40.1. The van der Waals surface area contributed by atoms with Crippen molar-refractivity contribution in [3.05, 3.63) is 112 Å². The number of benzene rings is 4. The molecule has 17 nitrogen and oxygen atoms in total. The predicted molar refractivity (Wildman–Crippen MR) is 268 cm³/mol. The van der Waals surface area contributed by atoms with E-state index in [1.807, 2.05) is 36.4 Å². The Bertz CT molecular complexity index is 2820. The summed E-state index contributed by atoms with van der Waals surface area (Å²) in [5.41, 5.74) is 5.39. The van der Waals surface area contributed by atoms with Crippen LogP contribution in [0.3, 0.4) is 0 Å². The number of nitrogens with zero attached hydrogens (tertiary/aromatic N) is 4. The number of carbonyl (C=O) groups excluding carboxylic acids is 6. The van der Waals surface area contributed by atoms with Crippen molar-refractivity contribution < 1.29 is 42.3 Å². The van der Waals surface area contributed by atoms with Crippen LogP contribution in [0.2, 0.25) is 0 Å². The molecule has 4 aromatic carbocycles. The molecule has 1 aromatic heterocycles. The molecular weight excluding hydrogens is 927 g/mol. The quantitative estimate of drug-likeness (QED) is 0.0372. The number of amides is 6. The Labute approximate surface area is 415 Å². The summed E-state index contributed by atoms with van der Waals surface area (Å²) in [5, 5.41) is 23.3.